The van der Waals surface area contributed by atoms with Gasteiger partial charge in [-0.25, -0.2) is 0 Å². The summed E-state index contributed by atoms with van der Waals surface area (Å²) in [7, 11) is 0. The van der Waals surface area contributed by atoms with Crippen molar-refractivity contribution in [3.8, 4) is 0 Å². The molecule has 0 N–H and O–H groups in total. The van der Waals surface area contributed by atoms with E-state index in [9.17, 15) is 9.59 Å². The Morgan fingerprint density at radius 2 is 1.47 bits per heavy atom. The Morgan fingerprint density at radius 3 is 2.19 bits per heavy atom. The van der Waals surface area contributed by atoms with Gasteiger partial charge in [0.15, 0.2) is 11.6 Å². The second-order valence-corrected chi connectivity index (χ2v) is 11.7. The zero-order chi connectivity index (χ0) is 29.5. The molecule has 0 unspecified atom stereocenters. The number of nitrogens with zero attached hydrogens (tertiary/aromatic N) is 2. The first-order valence-corrected chi connectivity index (χ1v) is 15.1. The normalized spacial score (nSPS) is 19.1. The summed E-state index contributed by atoms with van der Waals surface area (Å²) in [4.78, 5) is 31.4. The van der Waals surface area contributed by atoms with Crippen molar-refractivity contribution >= 4 is 28.5 Å². The van der Waals surface area contributed by atoms with Gasteiger partial charge in [0.2, 0.25) is 0 Å². The van der Waals surface area contributed by atoms with Gasteiger partial charge >= 0.3 is 0 Å². The van der Waals surface area contributed by atoms with E-state index in [1.807, 2.05) is 25.1 Å². The molecule has 0 bridgehead atoms. The highest BCUT2D eigenvalue weighted by Crippen LogP contribution is 2.41. The van der Waals surface area contributed by atoms with Gasteiger partial charge in [-0.15, -0.1) is 0 Å². The fourth-order valence-corrected chi connectivity index (χ4v) is 6.54. The number of ether oxygens (including phenoxy) is 1. The summed E-state index contributed by atoms with van der Waals surface area (Å²) in [6.45, 7) is 6.86. The molecule has 1 saturated heterocycles. The van der Waals surface area contributed by atoms with Crippen LogP contribution in [-0.4, -0.2) is 24.7 Å². The SMILES string of the molecule is CC1=CC(=C2C(=O)c3ccccc3C2=O)C=C(/C=C2\C=C(C)c3ccc(N4CCCCC4)cc3N2Cc2ccccc2)O1. The number of piperidine rings is 1. The van der Waals surface area contributed by atoms with Gasteiger partial charge in [0.05, 0.1) is 11.3 Å². The molecular weight excluding hydrogens is 532 g/mol. The molecule has 3 aliphatic heterocycles. The fourth-order valence-electron chi connectivity index (χ4n) is 6.54. The summed E-state index contributed by atoms with van der Waals surface area (Å²) >= 11 is 0. The number of hydrogen-bond acceptors (Lipinski definition) is 5. The molecule has 1 aliphatic carbocycles. The lowest BCUT2D eigenvalue weighted by atomic mass is 9.96. The van der Waals surface area contributed by atoms with Crippen molar-refractivity contribution in [2.24, 2.45) is 0 Å². The Labute approximate surface area is 252 Å². The predicted molar refractivity (Wildman–Crippen MR) is 172 cm³/mol. The molecule has 0 atom stereocenters. The summed E-state index contributed by atoms with van der Waals surface area (Å²) in [5.41, 5.74) is 8.70. The van der Waals surface area contributed by atoms with Crippen molar-refractivity contribution < 1.29 is 14.3 Å². The Kier molecular flexibility index (Phi) is 6.94. The lowest BCUT2D eigenvalue weighted by Crippen LogP contribution is -2.30. The smallest absolute Gasteiger partial charge is 0.198 e. The van der Waals surface area contributed by atoms with Gasteiger partial charge < -0.3 is 14.5 Å². The molecule has 214 valence electrons. The van der Waals surface area contributed by atoms with Gasteiger partial charge in [0.1, 0.15) is 11.5 Å². The Hall–Kier alpha value is -4.90. The van der Waals surface area contributed by atoms with Gasteiger partial charge in [-0.05, 0) is 80.2 Å². The number of benzene rings is 3. The molecular formula is C38H34N2O3. The molecule has 3 heterocycles. The molecule has 5 nitrogen and oxygen atoms in total. The van der Waals surface area contributed by atoms with E-state index in [0.29, 0.717) is 34.8 Å². The van der Waals surface area contributed by atoms with Crippen LogP contribution in [0.2, 0.25) is 0 Å². The fraction of sp³-hybridized carbons (Fsp3) is 0.211. The third kappa shape index (κ3) is 5.05. The van der Waals surface area contributed by atoms with Crippen molar-refractivity contribution in [2.45, 2.75) is 39.7 Å². The van der Waals surface area contributed by atoms with Crippen LogP contribution in [0.15, 0.2) is 125 Å². The van der Waals surface area contributed by atoms with Crippen molar-refractivity contribution in [1.29, 1.82) is 0 Å². The van der Waals surface area contributed by atoms with E-state index in [2.05, 4.69) is 65.3 Å². The number of anilines is 2. The van der Waals surface area contributed by atoms with E-state index in [-0.39, 0.29) is 17.1 Å². The summed E-state index contributed by atoms with van der Waals surface area (Å²) in [6, 6.07) is 24.3. The Bertz CT molecular complexity index is 1760. The summed E-state index contributed by atoms with van der Waals surface area (Å²) < 4.78 is 6.19. The van der Waals surface area contributed by atoms with Crippen molar-refractivity contribution in [3.63, 3.8) is 0 Å². The molecule has 0 saturated carbocycles. The van der Waals surface area contributed by atoms with Crippen LogP contribution >= 0.6 is 0 Å². The van der Waals surface area contributed by atoms with Crippen LogP contribution in [0.4, 0.5) is 11.4 Å². The molecule has 0 aromatic heterocycles. The average molecular weight is 567 g/mol. The molecule has 4 aliphatic rings. The lowest BCUT2D eigenvalue weighted by Gasteiger charge is -2.35. The zero-order valence-electron chi connectivity index (χ0n) is 24.6. The maximum Gasteiger partial charge on any atom is 0.198 e. The number of fused-ring (bicyclic) bond motifs is 2. The quantitative estimate of drug-likeness (QED) is 0.235. The van der Waals surface area contributed by atoms with Crippen LogP contribution < -0.4 is 9.80 Å². The second-order valence-electron chi connectivity index (χ2n) is 11.7. The molecule has 3 aromatic carbocycles. The highest BCUT2D eigenvalue weighted by atomic mass is 16.5. The highest BCUT2D eigenvalue weighted by Gasteiger charge is 2.35. The van der Waals surface area contributed by atoms with Crippen LogP contribution in [0.3, 0.4) is 0 Å². The molecule has 0 amide bonds. The largest absolute Gasteiger partial charge is 0.462 e. The average Bonchev–Trinajstić information content (AvgIpc) is 3.29. The number of carbonyl (C=O) groups is 2. The van der Waals surface area contributed by atoms with Crippen LogP contribution in [0.25, 0.3) is 5.57 Å². The molecule has 0 radical (unpaired) electrons. The van der Waals surface area contributed by atoms with E-state index in [0.717, 1.165) is 24.5 Å². The minimum Gasteiger partial charge on any atom is -0.462 e. The van der Waals surface area contributed by atoms with Crippen LogP contribution in [-0.2, 0) is 11.3 Å². The molecule has 1 fully saturated rings. The first kappa shape index (κ1) is 27.0. The minimum absolute atomic E-state index is 0.202. The lowest BCUT2D eigenvalue weighted by molar-refractivity contribution is 0.0987. The van der Waals surface area contributed by atoms with Gasteiger partial charge in [-0.1, -0.05) is 60.7 Å². The van der Waals surface area contributed by atoms with E-state index < -0.39 is 0 Å². The van der Waals surface area contributed by atoms with Crippen LogP contribution in [0, 0.1) is 0 Å². The molecule has 0 spiro atoms. The molecule has 3 aromatic rings. The van der Waals surface area contributed by atoms with E-state index in [1.54, 1.807) is 30.3 Å². The van der Waals surface area contributed by atoms with Gasteiger partial charge in [0.25, 0.3) is 0 Å². The van der Waals surface area contributed by atoms with Crippen molar-refractivity contribution in [2.75, 3.05) is 22.9 Å². The number of hydrogen-bond donors (Lipinski definition) is 0. The Balaban J connectivity index is 1.32. The number of Topliss-reactive ketones (excluding diaryl/α,β-unsaturated/α-hetero) is 2. The van der Waals surface area contributed by atoms with E-state index in [1.165, 1.54) is 41.6 Å². The van der Waals surface area contributed by atoms with Gasteiger partial charge in [0, 0.05) is 53.8 Å². The summed E-state index contributed by atoms with van der Waals surface area (Å²) in [5.74, 6) is 0.755. The second kappa shape index (κ2) is 11.1. The first-order chi connectivity index (χ1) is 21.0. The maximum absolute atomic E-state index is 13.3. The molecule has 7 rings (SSSR count). The first-order valence-electron chi connectivity index (χ1n) is 15.1. The van der Waals surface area contributed by atoms with Crippen LogP contribution in [0.5, 0.6) is 0 Å². The molecule has 43 heavy (non-hydrogen) atoms. The van der Waals surface area contributed by atoms with Gasteiger partial charge in [-0.2, -0.15) is 0 Å². The number of rotatable bonds is 4. The third-order valence-electron chi connectivity index (χ3n) is 8.66. The summed E-state index contributed by atoms with van der Waals surface area (Å²) in [5, 5.41) is 0. The van der Waals surface area contributed by atoms with Gasteiger partial charge in [-0.3, -0.25) is 9.59 Å². The summed E-state index contributed by atoms with van der Waals surface area (Å²) in [6.07, 6.45) is 11.6. The topological polar surface area (TPSA) is 49.9 Å². The number of carbonyl (C=O) groups excluding carboxylic acids is 2. The maximum atomic E-state index is 13.3. The van der Waals surface area contributed by atoms with Crippen molar-refractivity contribution in [3.05, 3.63) is 148 Å². The van der Waals surface area contributed by atoms with E-state index in [4.69, 9.17) is 4.74 Å². The molecule has 5 heteroatoms. The zero-order valence-corrected chi connectivity index (χ0v) is 24.6. The standard InChI is InChI=1S/C38H34N2O3/c1-25-19-30(22-31-21-28(20-26(2)43-31)36-37(41)33-13-7-8-14-34(33)38(36)42)40(24-27-11-5-3-6-12-27)35-23-29(15-16-32(25)35)39-17-9-4-10-18-39/h3,5-8,11-16,19-23H,4,9-10,17-18,24H2,1-2H3/b30-22+. The third-order valence-corrected chi connectivity index (χ3v) is 8.66. The van der Waals surface area contributed by atoms with E-state index >= 15 is 0 Å². The van der Waals surface area contributed by atoms with Crippen LogP contribution in [0.1, 0.15) is 65.0 Å². The number of ketones is 2. The minimum atomic E-state index is -0.233. The Morgan fingerprint density at radius 1 is 0.767 bits per heavy atom. The predicted octanol–water partition coefficient (Wildman–Crippen LogP) is 8.18. The highest BCUT2D eigenvalue weighted by molar-refractivity contribution is 6.40. The number of allylic oxidation sites excluding steroid dienone is 8. The monoisotopic (exact) mass is 566 g/mol. The van der Waals surface area contributed by atoms with Crippen molar-refractivity contribution in [1.82, 2.24) is 0 Å².